The Morgan fingerprint density at radius 3 is 1.94 bits per heavy atom. The third kappa shape index (κ3) is 4.10. The van der Waals surface area contributed by atoms with Gasteiger partial charge >= 0.3 is 0 Å². The lowest BCUT2D eigenvalue weighted by Gasteiger charge is -2.11. The van der Waals surface area contributed by atoms with Crippen LogP contribution in [0, 0.1) is 20.8 Å². The van der Waals surface area contributed by atoms with Crippen LogP contribution in [-0.2, 0) is 6.54 Å². The van der Waals surface area contributed by atoms with Gasteiger partial charge in [0.1, 0.15) is 12.2 Å². The summed E-state index contributed by atoms with van der Waals surface area (Å²) in [5.41, 5.74) is 10.8. The van der Waals surface area contributed by atoms with Crippen LogP contribution in [0.3, 0.4) is 0 Å². The highest BCUT2D eigenvalue weighted by atomic mass is 15.2. The summed E-state index contributed by atoms with van der Waals surface area (Å²) in [6.45, 7) is 7.26. The van der Waals surface area contributed by atoms with Crippen molar-refractivity contribution < 1.29 is 4.57 Å². The van der Waals surface area contributed by atoms with Gasteiger partial charge < -0.3 is 0 Å². The second-order valence-corrected chi connectivity index (χ2v) is 8.61. The van der Waals surface area contributed by atoms with Gasteiger partial charge in [-0.15, -0.1) is 0 Å². The SMILES string of the molecule is Cc1cc(C)c(-n2c[n+](Cc3ccccn3)c(-c3ccccc3)c2-c2ccccc2)c(C)c1. The molecule has 5 rings (SSSR count). The average molecular weight is 431 g/mol. The molecule has 0 saturated carbocycles. The van der Waals surface area contributed by atoms with Crippen LogP contribution in [0.25, 0.3) is 28.2 Å². The molecule has 5 aromatic rings. The molecule has 0 unspecified atom stereocenters. The molecule has 0 saturated heterocycles. The molecule has 0 bridgehead atoms. The Morgan fingerprint density at radius 2 is 1.33 bits per heavy atom. The van der Waals surface area contributed by atoms with E-state index in [2.05, 4.69) is 126 Å². The van der Waals surface area contributed by atoms with E-state index < -0.39 is 0 Å². The normalized spacial score (nSPS) is 11.0. The lowest BCUT2D eigenvalue weighted by Crippen LogP contribution is -2.35. The minimum absolute atomic E-state index is 0.696. The fourth-order valence-electron chi connectivity index (χ4n) is 4.78. The number of pyridine rings is 1. The highest BCUT2D eigenvalue weighted by Gasteiger charge is 2.29. The Bertz CT molecular complexity index is 1360. The van der Waals surface area contributed by atoms with Crippen LogP contribution in [0.4, 0.5) is 0 Å². The molecule has 0 atom stereocenters. The van der Waals surface area contributed by atoms with Crippen molar-refractivity contribution in [2.45, 2.75) is 27.3 Å². The zero-order valence-electron chi connectivity index (χ0n) is 19.4. The summed E-state index contributed by atoms with van der Waals surface area (Å²) in [5.74, 6) is 0. The number of rotatable bonds is 5. The van der Waals surface area contributed by atoms with Crippen LogP contribution in [0.15, 0.2) is 104 Å². The van der Waals surface area contributed by atoms with Gasteiger partial charge in [0.2, 0.25) is 6.33 Å². The van der Waals surface area contributed by atoms with Gasteiger partial charge in [-0.2, -0.15) is 4.57 Å². The zero-order valence-corrected chi connectivity index (χ0v) is 19.4. The molecule has 2 heterocycles. The van der Waals surface area contributed by atoms with E-state index in [9.17, 15) is 0 Å². The maximum atomic E-state index is 4.61. The fourth-order valence-corrected chi connectivity index (χ4v) is 4.78. The van der Waals surface area contributed by atoms with E-state index in [-0.39, 0.29) is 0 Å². The summed E-state index contributed by atoms with van der Waals surface area (Å²) in [4.78, 5) is 4.61. The van der Waals surface area contributed by atoms with Crippen LogP contribution < -0.4 is 4.57 Å². The van der Waals surface area contributed by atoms with E-state index in [4.69, 9.17) is 0 Å². The quantitative estimate of drug-likeness (QED) is 0.293. The maximum absolute atomic E-state index is 4.61. The van der Waals surface area contributed by atoms with Gasteiger partial charge in [-0.3, -0.25) is 4.98 Å². The average Bonchev–Trinajstić information content (AvgIpc) is 3.18. The summed E-state index contributed by atoms with van der Waals surface area (Å²) in [6.07, 6.45) is 4.10. The van der Waals surface area contributed by atoms with E-state index >= 15 is 0 Å². The number of aryl methyl sites for hydroxylation is 3. The van der Waals surface area contributed by atoms with Gasteiger partial charge in [0.05, 0.1) is 5.69 Å². The van der Waals surface area contributed by atoms with Crippen molar-refractivity contribution in [2.24, 2.45) is 0 Å². The second-order valence-electron chi connectivity index (χ2n) is 8.61. The van der Waals surface area contributed by atoms with E-state index in [1.54, 1.807) is 0 Å². The van der Waals surface area contributed by atoms with Crippen molar-refractivity contribution >= 4 is 0 Å². The summed E-state index contributed by atoms with van der Waals surface area (Å²) >= 11 is 0. The van der Waals surface area contributed by atoms with Crippen LogP contribution >= 0.6 is 0 Å². The maximum Gasteiger partial charge on any atom is 0.250 e. The van der Waals surface area contributed by atoms with Crippen LogP contribution in [-0.4, -0.2) is 9.55 Å². The van der Waals surface area contributed by atoms with Crippen LogP contribution in [0.2, 0.25) is 0 Å². The van der Waals surface area contributed by atoms with Crippen molar-refractivity contribution in [3.8, 4) is 28.2 Å². The van der Waals surface area contributed by atoms with Crippen LogP contribution in [0.1, 0.15) is 22.4 Å². The number of nitrogens with zero attached hydrogens (tertiary/aromatic N) is 3. The largest absolute Gasteiger partial charge is 0.257 e. The molecule has 0 radical (unpaired) electrons. The topological polar surface area (TPSA) is 21.7 Å². The monoisotopic (exact) mass is 430 g/mol. The van der Waals surface area contributed by atoms with Gasteiger partial charge in [-0.25, -0.2) is 4.57 Å². The molecule has 0 amide bonds. The molecule has 33 heavy (non-hydrogen) atoms. The third-order valence-corrected chi connectivity index (χ3v) is 6.04. The van der Waals surface area contributed by atoms with Gasteiger partial charge in [0, 0.05) is 17.3 Å². The minimum Gasteiger partial charge on any atom is -0.257 e. The molecule has 2 aromatic heterocycles. The Balaban J connectivity index is 1.85. The van der Waals surface area contributed by atoms with E-state index in [0.29, 0.717) is 6.54 Å². The number of imidazole rings is 1. The first-order chi connectivity index (χ1) is 16.1. The number of hydrogen-bond acceptors (Lipinski definition) is 1. The smallest absolute Gasteiger partial charge is 0.250 e. The lowest BCUT2D eigenvalue weighted by atomic mass is 10.0. The predicted octanol–water partition coefficient (Wildman–Crippen LogP) is 6.47. The molecule has 0 aliphatic carbocycles. The van der Waals surface area contributed by atoms with E-state index in [1.165, 1.54) is 44.9 Å². The minimum atomic E-state index is 0.696. The van der Waals surface area contributed by atoms with E-state index in [1.807, 2.05) is 12.3 Å². The molecule has 0 spiro atoms. The van der Waals surface area contributed by atoms with Crippen molar-refractivity contribution in [1.82, 2.24) is 9.55 Å². The Morgan fingerprint density at radius 1 is 0.727 bits per heavy atom. The van der Waals surface area contributed by atoms with Gasteiger partial charge in [-0.05, 0) is 44.0 Å². The standard InChI is InChI=1S/C30H28N3/c1-22-18-23(2)28(24(3)19-22)33-21-32(20-27-16-10-11-17-31-27)29(25-12-6-4-7-13-25)30(33)26-14-8-5-9-15-26/h4-19,21H,20H2,1-3H3/q+1. The molecular formula is C30H28N3+. The first-order valence-electron chi connectivity index (χ1n) is 11.4. The molecule has 3 nitrogen and oxygen atoms in total. The highest BCUT2D eigenvalue weighted by molar-refractivity contribution is 5.78. The van der Waals surface area contributed by atoms with Crippen LogP contribution in [0.5, 0.6) is 0 Å². The summed E-state index contributed by atoms with van der Waals surface area (Å²) in [5, 5.41) is 0. The molecular weight excluding hydrogens is 402 g/mol. The number of benzene rings is 3. The Labute approximate surface area is 195 Å². The van der Waals surface area contributed by atoms with Crippen molar-refractivity contribution in [2.75, 3.05) is 0 Å². The highest BCUT2D eigenvalue weighted by Crippen LogP contribution is 2.34. The molecule has 3 heteroatoms. The summed E-state index contributed by atoms with van der Waals surface area (Å²) in [7, 11) is 0. The van der Waals surface area contributed by atoms with Crippen molar-refractivity contribution in [3.05, 3.63) is 126 Å². The third-order valence-electron chi connectivity index (χ3n) is 6.04. The van der Waals surface area contributed by atoms with Crippen molar-refractivity contribution in [3.63, 3.8) is 0 Å². The first kappa shape index (κ1) is 20.9. The predicted molar refractivity (Wildman–Crippen MR) is 134 cm³/mol. The van der Waals surface area contributed by atoms with Crippen molar-refractivity contribution in [1.29, 1.82) is 0 Å². The van der Waals surface area contributed by atoms with Gasteiger partial charge in [0.15, 0.2) is 11.4 Å². The summed E-state index contributed by atoms with van der Waals surface area (Å²) < 4.78 is 4.70. The first-order valence-corrected chi connectivity index (χ1v) is 11.4. The fraction of sp³-hybridized carbons (Fsp3) is 0.133. The molecule has 0 fully saturated rings. The molecule has 162 valence electrons. The number of hydrogen-bond donors (Lipinski definition) is 0. The Kier molecular flexibility index (Phi) is 5.62. The molecule has 0 aliphatic heterocycles. The molecule has 0 N–H and O–H groups in total. The molecule has 3 aromatic carbocycles. The lowest BCUT2D eigenvalue weighted by molar-refractivity contribution is -0.677. The van der Waals surface area contributed by atoms with Gasteiger partial charge in [0.25, 0.3) is 0 Å². The van der Waals surface area contributed by atoms with Gasteiger partial charge in [-0.1, -0.05) is 84.4 Å². The number of aromatic nitrogens is 3. The zero-order chi connectivity index (χ0) is 22.8. The summed E-state index contributed by atoms with van der Waals surface area (Å²) in [6, 6.07) is 32.0. The molecule has 0 aliphatic rings. The van der Waals surface area contributed by atoms with E-state index in [0.717, 1.165) is 5.69 Å². The second kappa shape index (κ2) is 8.87. The Hall–Kier alpha value is -3.98.